The summed E-state index contributed by atoms with van der Waals surface area (Å²) in [6.07, 6.45) is 5.29. The lowest BCUT2D eigenvalue weighted by Gasteiger charge is -2.11. The Morgan fingerprint density at radius 2 is 2.07 bits per heavy atom. The summed E-state index contributed by atoms with van der Waals surface area (Å²) in [5.41, 5.74) is 0.508. The first-order chi connectivity index (χ1) is 14.2. The van der Waals surface area contributed by atoms with Gasteiger partial charge in [0.2, 0.25) is 16.9 Å². The number of rotatable bonds is 7. The number of carbonyl (C=O) groups excluding carboxylic acids is 1. The van der Waals surface area contributed by atoms with Crippen molar-refractivity contribution in [1.29, 1.82) is 0 Å². The molecule has 0 aliphatic rings. The fourth-order valence-corrected chi connectivity index (χ4v) is 3.58. The highest BCUT2D eigenvalue weighted by Crippen LogP contribution is 2.29. The average molecular weight is 430 g/mol. The van der Waals surface area contributed by atoms with E-state index in [1.54, 1.807) is 41.3 Å². The molecule has 1 N–H and O–H groups in total. The Labute approximate surface area is 175 Å². The van der Waals surface area contributed by atoms with Crippen LogP contribution in [0.2, 0.25) is 5.02 Å². The second kappa shape index (κ2) is 8.46. The number of thioether (sulfide) groups is 1. The maximum atomic E-state index is 12.5. The Kier molecular flexibility index (Phi) is 5.59. The van der Waals surface area contributed by atoms with Gasteiger partial charge in [0, 0.05) is 17.4 Å². The highest BCUT2D eigenvalue weighted by Gasteiger charge is 2.19. The zero-order valence-corrected chi connectivity index (χ0v) is 16.9. The molecule has 1 aromatic carbocycles. The zero-order valence-electron chi connectivity index (χ0n) is 15.3. The van der Waals surface area contributed by atoms with Crippen molar-refractivity contribution >= 4 is 35.0 Å². The number of ether oxygens (including phenoxy) is 1. The molecular formula is C19H16ClN5O3S. The fourth-order valence-electron chi connectivity index (χ4n) is 2.68. The number of halogens is 1. The number of hydrogen-bond donors (Lipinski definition) is 1. The van der Waals surface area contributed by atoms with Crippen LogP contribution in [0.5, 0.6) is 5.75 Å². The number of nitrogens with one attached hydrogen (secondary N) is 1. The summed E-state index contributed by atoms with van der Waals surface area (Å²) in [4.78, 5) is 12.5. The van der Waals surface area contributed by atoms with Crippen LogP contribution >= 0.6 is 23.4 Å². The number of nitrogens with zero attached hydrogens (tertiary/aromatic N) is 4. The maximum Gasteiger partial charge on any atom is 0.234 e. The van der Waals surface area contributed by atoms with Gasteiger partial charge in [-0.25, -0.2) is 4.68 Å². The van der Waals surface area contributed by atoms with Crippen LogP contribution in [0.3, 0.4) is 0 Å². The van der Waals surface area contributed by atoms with Crippen LogP contribution in [-0.4, -0.2) is 38.3 Å². The lowest BCUT2D eigenvalue weighted by atomic mass is 10.3. The Bertz CT molecular complexity index is 1110. The highest BCUT2D eigenvalue weighted by molar-refractivity contribution is 7.99. The van der Waals surface area contributed by atoms with E-state index in [2.05, 4.69) is 15.5 Å². The fraction of sp³-hybridized carbons (Fsp3) is 0.105. The molecule has 0 fully saturated rings. The standard InChI is InChI=1S/C19H16ClN5O3S/c1-27-15-7-6-13(20)11-14(15)21-17(26)12-29-19-23-22-18(16-5-4-10-28-16)25(19)24-8-2-3-9-24/h2-11H,12H2,1H3,(H,21,26). The molecule has 3 aromatic heterocycles. The monoisotopic (exact) mass is 429 g/mol. The van der Waals surface area contributed by atoms with Gasteiger partial charge in [0.1, 0.15) is 5.75 Å². The third-order valence-electron chi connectivity index (χ3n) is 3.94. The molecule has 8 nitrogen and oxygen atoms in total. The van der Waals surface area contributed by atoms with Crippen molar-refractivity contribution in [2.24, 2.45) is 0 Å². The van der Waals surface area contributed by atoms with E-state index in [0.29, 0.717) is 33.2 Å². The number of aromatic nitrogens is 4. The molecule has 29 heavy (non-hydrogen) atoms. The number of amides is 1. The van der Waals surface area contributed by atoms with Crippen molar-refractivity contribution in [3.63, 3.8) is 0 Å². The summed E-state index contributed by atoms with van der Waals surface area (Å²) < 4.78 is 14.3. The third kappa shape index (κ3) is 4.15. The van der Waals surface area contributed by atoms with Crippen molar-refractivity contribution in [1.82, 2.24) is 19.5 Å². The van der Waals surface area contributed by atoms with Gasteiger partial charge in [-0.05, 0) is 42.5 Å². The highest BCUT2D eigenvalue weighted by atomic mass is 35.5. The van der Waals surface area contributed by atoms with Crippen LogP contribution in [0.25, 0.3) is 11.6 Å². The van der Waals surface area contributed by atoms with Crippen molar-refractivity contribution in [3.05, 3.63) is 66.1 Å². The first-order valence-corrected chi connectivity index (χ1v) is 9.91. The van der Waals surface area contributed by atoms with E-state index in [1.807, 2.05) is 29.2 Å². The van der Waals surface area contributed by atoms with Gasteiger partial charge in [-0.2, -0.15) is 0 Å². The van der Waals surface area contributed by atoms with E-state index in [1.165, 1.54) is 18.9 Å². The molecule has 0 aliphatic heterocycles. The quantitative estimate of drug-likeness (QED) is 0.446. The second-order valence-electron chi connectivity index (χ2n) is 5.84. The van der Waals surface area contributed by atoms with Gasteiger partial charge in [-0.15, -0.1) is 10.2 Å². The second-order valence-corrected chi connectivity index (χ2v) is 7.22. The van der Waals surface area contributed by atoms with E-state index in [9.17, 15) is 4.79 Å². The smallest absolute Gasteiger partial charge is 0.234 e. The van der Waals surface area contributed by atoms with Gasteiger partial charge in [-0.1, -0.05) is 23.4 Å². The number of furan rings is 1. The molecule has 148 valence electrons. The summed E-state index contributed by atoms with van der Waals surface area (Å²) in [5, 5.41) is 12.3. The molecule has 0 unspecified atom stereocenters. The van der Waals surface area contributed by atoms with Gasteiger partial charge < -0.3 is 14.5 Å². The topological polar surface area (TPSA) is 87.1 Å². The van der Waals surface area contributed by atoms with E-state index < -0.39 is 0 Å². The predicted octanol–water partition coefficient (Wildman–Crippen LogP) is 4.04. The lowest BCUT2D eigenvalue weighted by Crippen LogP contribution is -2.16. The third-order valence-corrected chi connectivity index (χ3v) is 5.10. The summed E-state index contributed by atoms with van der Waals surface area (Å²) in [7, 11) is 1.53. The van der Waals surface area contributed by atoms with E-state index in [4.69, 9.17) is 20.8 Å². The summed E-state index contributed by atoms with van der Waals surface area (Å²) in [6.45, 7) is 0. The van der Waals surface area contributed by atoms with E-state index in [0.717, 1.165) is 0 Å². The van der Waals surface area contributed by atoms with Crippen molar-refractivity contribution < 1.29 is 13.9 Å². The van der Waals surface area contributed by atoms with Gasteiger partial charge >= 0.3 is 0 Å². The predicted molar refractivity (Wildman–Crippen MR) is 110 cm³/mol. The van der Waals surface area contributed by atoms with Crippen LogP contribution in [-0.2, 0) is 4.79 Å². The van der Waals surface area contributed by atoms with E-state index in [-0.39, 0.29) is 11.7 Å². The number of hydrogen-bond acceptors (Lipinski definition) is 6. The normalized spacial score (nSPS) is 10.8. The van der Waals surface area contributed by atoms with Crippen molar-refractivity contribution in [3.8, 4) is 17.3 Å². The average Bonchev–Trinajstić information content (AvgIpc) is 3.47. The van der Waals surface area contributed by atoms with Gasteiger partial charge in [0.15, 0.2) is 5.76 Å². The summed E-state index contributed by atoms with van der Waals surface area (Å²) in [5.74, 6) is 1.53. The molecule has 0 aliphatic carbocycles. The molecule has 0 bridgehead atoms. The van der Waals surface area contributed by atoms with Crippen LogP contribution in [0.15, 0.2) is 70.7 Å². The molecule has 0 radical (unpaired) electrons. The molecule has 10 heteroatoms. The van der Waals surface area contributed by atoms with Crippen molar-refractivity contribution in [2.75, 3.05) is 18.2 Å². The lowest BCUT2D eigenvalue weighted by molar-refractivity contribution is -0.113. The van der Waals surface area contributed by atoms with Crippen LogP contribution in [0.1, 0.15) is 0 Å². The molecule has 0 spiro atoms. The Morgan fingerprint density at radius 3 is 2.79 bits per heavy atom. The van der Waals surface area contributed by atoms with Gasteiger partial charge in [-0.3, -0.25) is 9.47 Å². The minimum Gasteiger partial charge on any atom is -0.495 e. The summed E-state index contributed by atoms with van der Waals surface area (Å²) >= 11 is 7.26. The molecule has 4 rings (SSSR count). The Morgan fingerprint density at radius 1 is 1.24 bits per heavy atom. The molecule has 0 saturated heterocycles. The first kappa shape index (κ1) is 19.2. The Balaban J connectivity index is 1.53. The molecular weight excluding hydrogens is 414 g/mol. The van der Waals surface area contributed by atoms with Gasteiger partial charge in [0.25, 0.3) is 0 Å². The summed E-state index contributed by atoms with van der Waals surface area (Å²) in [6, 6.07) is 12.4. The molecule has 3 heterocycles. The van der Waals surface area contributed by atoms with Crippen LogP contribution in [0.4, 0.5) is 5.69 Å². The molecule has 0 atom stereocenters. The van der Waals surface area contributed by atoms with Gasteiger partial charge in [0.05, 0.1) is 24.8 Å². The number of anilines is 1. The number of benzene rings is 1. The van der Waals surface area contributed by atoms with Crippen LogP contribution in [0, 0.1) is 0 Å². The maximum absolute atomic E-state index is 12.5. The van der Waals surface area contributed by atoms with Crippen molar-refractivity contribution in [2.45, 2.75) is 5.16 Å². The van der Waals surface area contributed by atoms with Crippen LogP contribution < -0.4 is 10.1 Å². The largest absolute Gasteiger partial charge is 0.495 e. The zero-order chi connectivity index (χ0) is 20.2. The molecule has 0 saturated carbocycles. The van der Waals surface area contributed by atoms with E-state index >= 15 is 0 Å². The molecule has 1 amide bonds. The molecule has 4 aromatic rings. The minimum atomic E-state index is -0.225. The number of carbonyl (C=O) groups is 1. The number of methoxy groups -OCH3 is 1. The SMILES string of the molecule is COc1ccc(Cl)cc1NC(=O)CSc1nnc(-c2ccco2)n1-n1cccc1. The minimum absolute atomic E-state index is 0.118. The Hall–Kier alpha value is -3.17. The first-order valence-electron chi connectivity index (χ1n) is 8.55.